The Morgan fingerprint density at radius 1 is 1.18 bits per heavy atom. The van der Waals surface area contributed by atoms with Crippen LogP contribution in [0.5, 0.6) is 5.75 Å². The molecule has 0 heterocycles. The zero-order valence-electron chi connectivity index (χ0n) is 9.59. The van der Waals surface area contributed by atoms with Gasteiger partial charge in [-0.05, 0) is 17.7 Å². The largest absolute Gasteiger partial charge is 0.491 e. The van der Waals surface area contributed by atoms with Crippen LogP contribution in [0.2, 0.25) is 0 Å². The third kappa shape index (κ3) is 6.21. The molecule has 0 radical (unpaired) electrons. The first-order valence-electron chi connectivity index (χ1n) is 5.41. The molecule has 0 aromatic heterocycles. The van der Waals surface area contributed by atoms with Crippen LogP contribution >= 0.6 is 12.2 Å². The fourth-order valence-electron chi connectivity index (χ4n) is 1.29. The van der Waals surface area contributed by atoms with E-state index in [-0.39, 0.29) is 6.61 Å². The highest BCUT2D eigenvalue weighted by Crippen LogP contribution is 2.12. The van der Waals surface area contributed by atoms with Gasteiger partial charge in [-0.25, -0.2) is 0 Å². The minimum absolute atomic E-state index is 0.0354. The van der Waals surface area contributed by atoms with Gasteiger partial charge in [0.25, 0.3) is 0 Å². The van der Waals surface area contributed by atoms with E-state index < -0.39 is 0 Å². The molecule has 1 aromatic carbocycles. The number of benzene rings is 1. The van der Waals surface area contributed by atoms with Gasteiger partial charge < -0.3 is 20.3 Å². The zero-order valence-corrected chi connectivity index (χ0v) is 10.4. The Hall–Kier alpha value is -1.17. The van der Waals surface area contributed by atoms with Crippen molar-refractivity contribution in [1.29, 1.82) is 0 Å². The van der Waals surface area contributed by atoms with Crippen molar-refractivity contribution in [3.8, 4) is 5.75 Å². The predicted molar refractivity (Wildman–Crippen MR) is 70.3 cm³/mol. The standard InChI is InChI=1S/C12H17NO3S/c13-12(17)9-10-1-3-11(4-2-10)16-8-7-15-6-5-14/h1-4,14H,5-9H2,(H2,13,17). The predicted octanol–water partition coefficient (Wildman–Crippen LogP) is 0.903. The van der Waals surface area contributed by atoms with Gasteiger partial charge in [0.2, 0.25) is 0 Å². The van der Waals surface area contributed by atoms with E-state index in [1.807, 2.05) is 24.3 Å². The van der Waals surface area contributed by atoms with Crippen LogP contribution in [0, 0.1) is 0 Å². The van der Waals surface area contributed by atoms with Gasteiger partial charge in [-0.3, -0.25) is 0 Å². The van der Waals surface area contributed by atoms with Crippen molar-refractivity contribution in [2.24, 2.45) is 5.73 Å². The van der Waals surface area contributed by atoms with Gasteiger partial charge >= 0.3 is 0 Å². The molecule has 17 heavy (non-hydrogen) atoms. The number of ether oxygens (including phenoxy) is 2. The lowest BCUT2D eigenvalue weighted by Crippen LogP contribution is -2.11. The first-order valence-corrected chi connectivity index (χ1v) is 5.82. The number of aliphatic hydroxyl groups excluding tert-OH is 1. The summed E-state index contributed by atoms with van der Waals surface area (Å²) >= 11 is 4.83. The van der Waals surface area contributed by atoms with Crippen molar-refractivity contribution in [3.05, 3.63) is 29.8 Å². The summed E-state index contributed by atoms with van der Waals surface area (Å²) in [6, 6.07) is 7.62. The first-order chi connectivity index (χ1) is 8.22. The lowest BCUT2D eigenvalue weighted by molar-refractivity contribution is 0.0705. The van der Waals surface area contributed by atoms with Gasteiger partial charge in [0.05, 0.1) is 24.8 Å². The monoisotopic (exact) mass is 255 g/mol. The molecule has 1 aromatic rings. The van der Waals surface area contributed by atoms with Crippen LogP contribution in [0.15, 0.2) is 24.3 Å². The molecule has 0 aliphatic carbocycles. The molecule has 0 bridgehead atoms. The Balaban J connectivity index is 2.28. The second kappa shape index (κ2) is 8.00. The van der Waals surface area contributed by atoms with Crippen molar-refractivity contribution >= 4 is 17.2 Å². The number of nitrogens with two attached hydrogens (primary N) is 1. The summed E-state index contributed by atoms with van der Waals surface area (Å²) < 4.78 is 10.5. The molecule has 5 heteroatoms. The van der Waals surface area contributed by atoms with E-state index in [4.69, 9.17) is 32.5 Å². The van der Waals surface area contributed by atoms with E-state index >= 15 is 0 Å². The van der Waals surface area contributed by atoms with Gasteiger partial charge in [0.15, 0.2) is 0 Å². The number of thiocarbonyl (C=S) groups is 1. The fraction of sp³-hybridized carbons (Fsp3) is 0.417. The summed E-state index contributed by atoms with van der Waals surface area (Å²) in [5.41, 5.74) is 6.52. The summed E-state index contributed by atoms with van der Waals surface area (Å²) in [4.78, 5) is 0.482. The minimum atomic E-state index is 0.0354. The van der Waals surface area contributed by atoms with Crippen LogP contribution in [0.1, 0.15) is 5.56 Å². The van der Waals surface area contributed by atoms with E-state index in [1.54, 1.807) is 0 Å². The maximum Gasteiger partial charge on any atom is 0.119 e. The van der Waals surface area contributed by atoms with Crippen molar-refractivity contribution in [2.75, 3.05) is 26.4 Å². The van der Waals surface area contributed by atoms with Crippen molar-refractivity contribution < 1.29 is 14.6 Å². The maximum absolute atomic E-state index is 8.50. The molecule has 0 spiro atoms. The van der Waals surface area contributed by atoms with Crippen LogP contribution in [0.3, 0.4) is 0 Å². The summed E-state index contributed by atoms with van der Waals surface area (Å²) in [6.07, 6.45) is 0.606. The van der Waals surface area contributed by atoms with E-state index in [0.29, 0.717) is 31.2 Å². The molecular weight excluding hydrogens is 238 g/mol. The Labute approximate surface area is 106 Å². The number of aliphatic hydroxyl groups is 1. The van der Waals surface area contributed by atoms with Crippen LogP contribution < -0.4 is 10.5 Å². The lowest BCUT2D eigenvalue weighted by Gasteiger charge is -2.07. The highest BCUT2D eigenvalue weighted by molar-refractivity contribution is 7.80. The summed E-state index contributed by atoms with van der Waals surface area (Å²) in [5.74, 6) is 0.782. The third-order valence-corrected chi connectivity index (χ3v) is 2.18. The topological polar surface area (TPSA) is 64.7 Å². The zero-order chi connectivity index (χ0) is 12.5. The molecule has 0 atom stereocenters. The average molecular weight is 255 g/mol. The van der Waals surface area contributed by atoms with E-state index in [9.17, 15) is 0 Å². The number of rotatable bonds is 8. The highest BCUT2D eigenvalue weighted by atomic mass is 32.1. The van der Waals surface area contributed by atoms with Crippen LogP contribution in [0.25, 0.3) is 0 Å². The smallest absolute Gasteiger partial charge is 0.119 e. The van der Waals surface area contributed by atoms with Crippen molar-refractivity contribution in [1.82, 2.24) is 0 Å². The van der Waals surface area contributed by atoms with Crippen LogP contribution in [-0.2, 0) is 11.2 Å². The lowest BCUT2D eigenvalue weighted by atomic mass is 10.1. The highest BCUT2D eigenvalue weighted by Gasteiger charge is 1.97. The number of hydrogen-bond donors (Lipinski definition) is 2. The summed E-state index contributed by atoms with van der Waals surface area (Å²) in [5, 5.41) is 8.50. The van der Waals surface area contributed by atoms with Crippen molar-refractivity contribution in [2.45, 2.75) is 6.42 Å². The maximum atomic E-state index is 8.50. The summed E-state index contributed by atoms with van der Waals surface area (Å²) in [6.45, 7) is 1.31. The molecule has 0 amide bonds. The van der Waals surface area contributed by atoms with Gasteiger partial charge in [0, 0.05) is 6.42 Å². The van der Waals surface area contributed by atoms with E-state index in [2.05, 4.69) is 0 Å². The van der Waals surface area contributed by atoms with Crippen LogP contribution in [-0.4, -0.2) is 36.5 Å². The molecule has 0 saturated heterocycles. The minimum Gasteiger partial charge on any atom is -0.491 e. The molecule has 0 saturated carbocycles. The fourth-order valence-corrected chi connectivity index (χ4v) is 1.46. The molecule has 0 unspecified atom stereocenters. The van der Waals surface area contributed by atoms with Crippen molar-refractivity contribution in [3.63, 3.8) is 0 Å². The van der Waals surface area contributed by atoms with E-state index in [1.165, 1.54) is 0 Å². The number of hydrogen-bond acceptors (Lipinski definition) is 4. The third-order valence-electron chi connectivity index (χ3n) is 2.03. The van der Waals surface area contributed by atoms with Gasteiger partial charge in [-0.1, -0.05) is 24.4 Å². The molecule has 0 fully saturated rings. The molecule has 0 aliphatic rings. The normalized spacial score (nSPS) is 10.2. The molecule has 0 aliphatic heterocycles. The molecule has 4 nitrogen and oxygen atoms in total. The van der Waals surface area contributed by atoms with Gasteiger partial charge in [0.1, 0.15) is 12.4 Å². The summed E-state index contributed by atoms with van der Waals surface area (Å²) in [7, 11) is 0. The Bertz CT molecular complexity index is 340. The first kappa shape index (κ1) is 13.9. The van der Waals surface area contributed by atoms with Gasteiger partial charge in [-0.2, -0.15) is 0 Å². The van der Waals surface area contributed by atoms with Crippen LogP contribution in [0.4, 0.5) is 0 Å². The Morgan fingerprint density at radius 2 is 1.88 bits per heavy atom. The second-order valence-corrected chi connectivity index (χ2v) is 4.00. The SMILES string of the molecule is NC(=S)Cc1ccc(OCCOCCO)cc1. The Morgan fingerprint density at radius 3 is 2.47 bits per heavy atom. The van der Waals surface area contributed by atoms with E-state index in [0.717, 1.165) is 11.3 Å². The second-order valence-electron chi connectivity index (χ2n) is 3.47. The Kier molecular flexibility index (Phi) is 6.54. The molecule has 1 rings (SSSR count). The quantitative estimate of drug-likeness (QED) is 0.534. The molecule has 94 valence electrons. The van der Waals surface area contributed by atoms with Gasteiger partial charge in [-0.15, -0.1) is 0 Å². The molecular formula is C12H17NO3S. The molecule has 3 N–H and O–H groups in total. The average Bonchev–Trinajstić information content (AvgIpc) is 2.30.